The Morgan fingerprint density at radius 2 is 2.04 bits per heavy atom. The molecule has 0 saturated heterocycles. The maximum atomic E-state index is 11.9. The van der Waals surface area contributed by atoms with Gasteiger partial charge in [-0.3, -0.25) is 4.79 Å². The summed E-state index contributed by atoms with van der Waals surface area (Å²) in [6, 6.07) is 5.56. The minimum Gasteiger partial charge on any atom is -0.351 e. The molecule has 0 fully saturated rings. The van der Waals surface area contributed by atoms with E-state index < -0.39 is 0 Å². The minimum atomic E-state index is -0.192. The number of amides is 1. The number of anilines is 2. The van der Waals surface area contributed by atoms with Crippen LogP contribution in [0.5, 0.6) is 0 Å². The molecule has 23 heavy (non-hydrogen) atoms. The number of unbranched alkanes of at least 4 members (excludes halogenated alkanes) is 2. The van der Waals surface area contributed by atoms with Crippen LogP contribution < -0.4 is 10.6 Å². The zero-order valence-corrected chi connectivity index (χ0v) is 14.2. The van der Waals surface area contributed by atoms with Crippen LogP contribution in [0.4, 0.5) is 11.5 Å². The first-order valence-corrected chi connectivity index (χ1v) is 8.11. The Morgan fingerprint density at radius 3 is 2.70 bits per heavy atom. The molecule has 0 aliphatic carbocycles. The molecule has 6 heteroatoms. The fourth-order valence-corrected chi connectivity index (χ4v) is 2.31. The summed E-state index contributed by atoms with van der Waals surface area (Å²) in [5.41, 5.74) is 2.23. The van der Waals surface area contributed by atoms with E-state index in [9.17, 15) is 4.79 Å². The van der Waals surface area contributed by atoms with E-state index >= 15 is 0 Å². The van der Waals surface area contributed by atoms with Crippen molar-refractivity contribution in [3.63, 3.8) is 0 Å². The molecule has 122 valence electrons. The molecule has 5 nitrogen and oxygen atoms in total. The molecule has 0 bridgehead atoms. The van der Waals surface area contributed by atoms with Crippen LogP contribution in [-0.2, 0) is 0 Å². The maximum absolute atomic E-state index is 11.9. The van der Waals surface area contributed by atoms with Crippen LogP contribution in [0.3, 0.4) is 0 Å². The van der Waals surface area contributed by atoms with Crippen LogP contribution >= 0.6 is 11.6 Å². The van der Waals surface area contributed by atoms with Gasteiger partial charge in [-0.1, -0.05) is 31.4 Å². The average Bonchev–Trinajstić information content (AvgIpc) is 2.55. The molecule has 0 aliphatic heterocycles. The van der Waals surface area contributed by atoms with Gasteiger partial charge in [-0.2, -0.15) is 0 Å². The van der Waals surface area contributed by atoms with Crippen molar-refractivity contribution in [1.29, 1.82) is 0 Å². The molecule has 0 aliphatic rings. The van der Waals surface area contributed by atoms with Gasteiger partial charge in [0.15, 0.2) is 0 Å². The number of aryl methyl sites for hydroxylation is 1. The number of hydrogen-bond donors (Lipinski definition) is 2. The van der Waals surface area contributed by atoms with Gasteiger partial charge in [-0.05, 0) is 37.1 Å². The summed E-state index contributed by atoms with van der Waals surface area (Å²) in [5, 5.41) is 6.69. The lowest BCUT2D eigenvalue weighted by molar-refractivity contribution is 0.0947. The minimum absolute atomic E-state index is 0.192. The molecule has 0 atom stereocenters. The normalized spacial score (nSPS) is 10.4. The molecule has 0 saturated carbocycles. The van der Waals surface area contributed by atoms with E-state index in [-0.39, 0.29) is 5.91 Å². The molecule has 2 N–H and O–H groups in total. The summed E-state index contributed by atoms with van der Waals surface area (Å²) in [6.07, 6.45) is 6.23. The van der Waals surface area contributed by atoms with Gasteiger partial charge in [0.2, 0.25) is 0 Å². The van der Waals surface area contributed by atoms with Gasteiger partial charge in [0.05, 0.1) is 12.4 Å². The molecule has 0 radical (unpaired) electrons. The Morgan fingerprint density at radius 1 is 1.22 bits per heavy atom. The second kappa shape index (κ2) is 8.48. The molecule has 0 spiro atoms. The van der Waals surface area contributed by atoms with E-state index in [4.69, 9.17) is 11.6 Å². The van der Waals surface area contributed by atoms with Crippen LogP contribution in [0.25, 0.3) is 0 Å². The number of benzene rings is 1. The summed E-state index contributed by atoms with van der Waals surface area (Å²) < 4.78 is 0. The van der Waals surface area contributed by atoms with Gasteiger partial charge in [-0.15, -0.1) is 0 Å². The van der Waals surface area contributed by atoms with Crippen LogP contribution in [0.15, 0.2) is 30.6 Å². The van der Waals surface area contributed by atoms with Crippen molar-refractivity contribution in [2.75, 3.05) is 11.9 Å². The predicted molar refractivity (Wildman–Crippen MR) is 93.4 cm³/mol. The molecular weight excluding hydrogens is 312 g/mol. The molecule has 1 heterocycles. The largest absolute Gasteiger partial charge is 0.351 e. The fourth-order valence-electron chi connectivity index (χ4n) is 2.08. The average molecular weight is 333 g/mol. The molecule has 2 aromatic rings. The van der Waals surface area contributed by atoms with E-state index in [0.717, 1.165) is 30.5 Å². The van der Waals surface area contributed by atoms with E-state index in [2.05, 4.69) is 27.5 Å². The van der Waals surface area contributed by atoms with Crippen molar-refractivity contribution in [2.45, 2.75) is 33.1 Å². The number of rotatable bonds is 7. The Kier molecular flexibility index (Phi) is 6.35. The van der Waals surface area contributed by atoms with Crippen LogP contribution in [0.2, 0.25) is 5.02 Å². The van der Waals surface area contributed by atoms with Crippen LogP contribution in [0.1, 0.15) is 42.2 Å². The van der Waals surface area contributed by atoms with Crippen molar-refractivity contribution in [3.8, 4) is 0 Å². The van der Waals surface area contributed by atoms with Crippen LogP contribution in [-0.4, -0.2) is 22.4 Å². The van der Waals surface area contributed by atoms with Gasteiger partial charge in [0.1, 0.15) is 11.5 Å². The predicted octanol–water partition coefficient (Wildman–Crippen LogP) is 4.10. The molecule has 1 aromatic heterocycles. The smallest absolute Gasteiger partial charge is 0.271 e. The zero-order chi connectivity index (χ0) is 16.7. The Bertz CT molecular complexity index is 658. The van der Waals surface area contributed by atoms with E-state index in [1.807, 2.05) is 25.1 Å². The molecule has 0 unspecified atom stereocenters. The lowest BCUT2D eigenvalue weighted by atomic mass is 10.2. The third-order valence-electron chi connectivity index (χ3n) is 3.40. The van der Waals surface area contributed by atoms with E-state index in [1.165, 1.54) is 6.20 Å². The highest BCUT2D eigenvalue weighted by molar-refractivity contribution is 6.30. The van der Waals surface area contributed by atoms with Gasteiger partial charge in [-0.25, -0.2) is 9.97 Å². The number of nitrogens with one attached hydrogen (secondary N) is 2. The van der Waals surface area contributed by atoms with E-state index in [1.54, 1.807) is 6.20 Å². The van der Waals surface area contributed by atoms with Crippen molar-refractivity contribution in [2.24, 2.45) is 0 Å². The highest BCUT2D eigenvalue weighted by Crippen LogP contribution is 2.22. The number of carbonyl (C=O) groups excluding carboxylic acids is 1. The first-order valence-electron chi connectivity index (χ1n) is 7.73. The van der Waals surface area contributed by atoms with Crippen LogP contribution in [0, 0.1) is 6.92 Å². The first kappa shape index (κ1) is 17.2. The maximum Gasteiger partial charge on any atom is 0.271 e. The Balaban J connectivity index is 1.95. The second-order valence-electron chi connectivity index (χ2n) is 5.33. The lowest BCUT2D eigenvalue weighted by Gasteiger charge is -2.09. The molecule has 1 aromatic carbocycles. The monoisotopic (exact) mass is 332 g/mol. The number of aromatic nitrogens is 2. The standard InChI is InChI=1S/C17H21ClN4O/c1-3-4-5-8-19-17(23)15-10-21-16(11-20-15)22-14-7-6-13(18)9-12(14)2/h6-7,9-11H,3-5,8H2,1-2H3,(H,19,23)(H,21,22). The van der Waals surface area contributed by atoms with Crippen molar-refractivity contribution < 1.29 is 4.79 Å². The summed E-state index contributed by atoms with van der Waals surface area (Å²) in [7, 11) is 0. The highest BCUT2D eigenvalue weighted by Gasteiger charge is 2.08. The molecule has 2 rings (SSSR count). The molecule has 1 amide bonds. The quantitative estimate of drug-likeness (QED) is 0.749. The SMILES string of the molecule is CCCCCNC(=O)c1cnc(Nc2ccc(Cl)cc2C)cn1. The van der Waals surface area contributed by atoms with E-state index in [0.29, 0.717) is 23.1 Å². The lowest BCUT2D eigenvalue weighted by Crippen LogP contribution is -2.25. The van der Waals surface area contributed by atoms with Gasteiger partial charge in [0, 0.05) is 17.3 Å². The van der Waals surface area contributed by atoms with Crippen molar-refractivity contribution in [1.82, 2.24) is 15.3 Å². The molecular formula is C17H21ClN4O. The Labute approximate surface area is 141 Å². The summed E-state index contributed by atoms with van der Waals surface area (Å²) in [6.45, 7) is 4.75. The number of hydrogen-bond acceptors (Lipinski definition) is 4. The van der Waals surface area contributed by atoms with Crippen molar-refractivity contribution in [3.05, 3.63) is 46.9 Å². The number of nitrogens with zero attached hydrogens (tertiary/aromatic N) is 2. The van der Waals surface area contributed by atoms with Gasteiger partial charge >= 0.3 is 0 Å². The fraction of sp³-hybridized carbons (Fsp3) is 0.353. The highest BCUT2D eigenvalue weighted by atomic mass is 35.5. The summed E-state index contributed by atoms with van der Waals surface area (Å²) in [5.74, 6) is 0.390. The van der Waals surface area contributed by atoms with Crippen molar-refractivity contribution >= 4 is 29.0 Å². The topological polar surface area (TPSA) is 66.9 Å². The number of carbonyl (C=O) groups is 1. The third-order valence-corrected chi connectivity index (χ3v) is 3.64. The third kappa shape index (κ3) is 5.21. The van der Waals surface area contributed by atoms with Gasteiger partial charge < -0.3 is 10.6 Å². The second-order valence-corrected chi connectivity index (χ2v) is 5.77. The summed E-state index contributed by atoms with van der Waals surface area (Å²) in [4.78, 5) is 20.3. The zero-order valence-electron chi connectivity index (χ0n) is 13.4. The Hall–Kier alpha value is -2.14. The first-order chi connectivity index (χ1) is 11.1. The van der Waals surface area contributed by atoms with Gasteiger partial charge in [0.25, 0.3) is 5.91 Å². The number of halogens is 1. The summed E-state index contributed by atoms with van der Waals surface area (Å²) >= 11 is 5.94.